The molecule has 0 saturated heterocycles. The first-order valence-electron chi connectivity index (χ1n) is 7.95. The van der Waals surface area contributed by atoms with Crippen LogP contribution in [0.1, 0.15) is 12.2 Å². The number of rotatable bonds is 6. The molecule has 0 radical (unpaired) electrons. The molecule has 0 saturated carbocycles. The second-order valence-electron chi connectivity index (χ2n) is 5.32. The van der Waals surface area contributed by atoms with Crippen LogP contribution in [0.3, 0.4) is 0 Å². The van der Waals surface area contributed by atoms with E-state index in [1.807, 2.05) is 30.3 Å². The summed E-state index contributed by atoms with van der Waals surface area (Å²) >= 11 is 0. The average Bonchev–Trinajstić information content (AvgIpc) is 3.10. The van der Waals surface area contributed by atoms with Gasteiger partial charge in [0.25, 0.3) is 0 Å². The lowest BCUT2D eigenvalue weighted by molar-refractivity contribution is -0.192. The highest BCUT2D eigenvalue weighted by atomic mass is 19.4. The number of amides is 1. The molecule has 0 aliphatic rings. The third-order valence-corrected chi connectivity index (χ3v) is 3.09. The number of nitrogens with two attached hydrogens (primary N) is 1. The number of hydrogen-bond acceptors (Lipinski definition) is 5. The Hall–Kier alpha value is -3.60. The van der Waals surface area contributed by atoms with Crippen molar-refractivity contribution in [1.82, 2.24) is 5.32 Å². The van der Waals surface area contributed by atoms with Crippen LogP contribution in [-0.4, -0.2) is 40.8 Å². The number of nitrogens with one attached hydrogen (secondary N) is 1. The van der Waals surface area contributed by atoms with Gasteiger partial charge in [-0.3, -0.25) is 4.79 Å². The van der Waals surface area contributed by atoms with Crippen molar-refractivity contribution < 1.29 is 42.2 Å². The number of carboxylic acid groups (broad SMARTS) is 2. The van der Waals surface area contributed by atoms with Crippen LogP contribution in [0.15, 0.2) is 52.6 Å². The lowest BCUT2D eigenvalue weighted by atomic mass is 10.2. The Morgan fingerprint density at radius 2 is 1.66 bits per heavy atom. The molecule has 156 valence electrons. The van der Waals surface area contributed by atoms with E-state index in [1.54, 1.807) is 12.1 Å². The number of benzene rings is 1. The SMILES string of the molecule is NCCC(=O)N/C(=C\c1ccc(-c2ccccc2)o1)C(=O)O.O=C(O)C(F)(F)F. The van der Waals surface area contributed by atoms with E-state index in [4.69, 9.17) is 25.2 Å². The molecule has 0 spiro atoms. The first kappa shape index (κ1) is 23.4. The topological polar surface area (TPSA) is 143 Å². The van der Waals surface area contributed by atoms with Gasteiger partial charge in [-0.25, -0.2) is 9.59 Å². The van der Waals surface area contributed by atoms with Gasteiger partial charge in [0.15, 0.2) is 0 Å². The summed E-state index contributed by atoms with van der Waals surface area (Å²) in [7, 11) is 0. The van der Waals surface area contributed by atoms with Crippen LogP contribution >= 0.6 is 0 Å². The van der Waals surface area contributed by atoms with Gasteiger partial charge < -0.3 is 25.7 Å². The highest BCUT2D eigenvalue weighted by molar-refractivity contribution is 5.96. The van der Waals surface area contributed by atoms with Crippen molar-refractivity contribution in [2.24, 2.45) is 5.73 Å². The quantitative estimate of drug-likeness (QED) is 0.532. The highest BCUT2D eigenvalue weighted by Gasteiger charge is 2.38. The third-order valence-electron chi connectivity index (χ3n) is 3.09. The molecule has 0 bridgehead atoms. The molecule has 2 rings (SSSR count). The van der Waals surface area contributed by atoms with Gasteiger partial charge in [-0.2, -0.15) is 13.2 Å². The number of aliphatic carboxylic acids is 2. The van der Waals surface area contributed by atoms with E-state index in [2.05, 4.69) is 5.32 Å². The predicted octanol–water partition coefficient (Wildman–Crippen LogP) is 2.47. The largest absolute Gasteiger partial charge is 0.490 e. The summed E-state index contributed by atoms with van der Waals surface area (Å²) in [5.74, 6) is -3.50. The van der Waals surface area contributed by atoms with Crippen molar-refractivity contribution >= 4 is 23.9 Å². The van der Waals surface area contributed by atoms with E-state index in [1.165, 1.54) is 6.08 Å². The predicted molar refractivity (Wildman–Crippen MR) is 95.3 cm³/mol. The van der Waals surface area contributed by atoms with Gasteiger partial charge in [-0.05, 0) is 12.1 Å². The van der Waals surface area contributed by atoms with Gasteiger partial charge >= 0.3 is 18.1 Å². The molecule has 0 atom stereocenters. The average molecular weight is 414 g/mol. The van der Waals surface area contributed by atoms with Crippen LogP contribution in [0.5, 0.6) is 0 Å². The molecule has 0 unspecified atom stereocenters. The third kappa shape index (κ3) is 8.30. The Labute approximate surface area is 162 Å². The maximum Gasteiger partial charge on any atom is 0.490 e. The minimum atomic E-state index is -5.08. The Balaban J connectivity index is 0.000000516. The fourth-order valence-corrected chi connectivity index (χ4v) is 1.83. The van der Waals surface area contributed by atoms with Crippen molar-refractivity contribution in [3.8, 4) is 11.3 Å². The van der Waals surface area contributed by atoms with E-state index in [-0.39, 0.29) is 18.7 Å². The van der Waals surface area contributed by atoms with Gasteiger partial charge in [0, 0.05) is 24.6 Å². The first-order valence-corrected chi connectivity index (χ1v) is 7.95. The van der Waals surface area contributed by atoms with Crippen LogP contribution < -0.4 is 11.1 Å². The number of halogens is 3. The monoisotopic (exact) mass is 414 g/mol. The Morgan fingerprint density at radius 3 is 2.14 bits per heavy atom. The number of carboxylic acids is 2. The number of alkyl halides is 3. The summed E-state index contributed by atoms with van der Waals surface area (Å²) in [5.41, 5.74) is 5.88. The number of carbonyl (C=O) groups excluding carboxylic acids is 1. The van der Waals surface area contributed by atoms with E-state index >= 15 is 0 Å². The molecule has 1 aromatic carbocycles. The number of carbonyl (C=O) groups is 3. The zero-order chi connectivity index (χ0) is 22.0. The van der Waals surface area contributed by atoms with Crippen molar-refractivity contribution in [3.05, 3.63) is 53.9 Å². The van der Waals surface area contributed by atoms with Crippen LogP contribution in [0.25, 0.3) is 17.4 Å². The molecule has 1 heterocycles. The maximum absolute atomic E-state index is 11.4. The molecule has 1 aromatic heterocycles. The summed E-state index contributed by atoms with van der Waals surface area (Å²) in [6.07, 6.45) is -3.76. The fraction of sp³-hybridized carbons (Fsp3) is 0.167. The van der Waals surface area contributed by atoms with Crippen LogP contribution in [-0.2, 0) is 14.4 Å². The molecule has 8 nitrogen and oxygen atoms in total. The molecule has 11 heteroatoms. The lowest BCUT2D eigenvalue weighted by Gasteiger charge is -2.04. The van der Waals surface area contributed by atoms with Crippen molar-refractivity contribution in [3.63, 3.8) is 0 Å². The molecular weight excluding hydrogens is 397 g/mol. The molecular formula is C18H17F3N2O6. The summed E-state index contributed by atoms with van der Waals surface area (Å²) < 4.78 is 37.3. The van der Waals surface area contributed by atoms with Gasteiger partial charge in [0.05, 0.1) is 0 Å². The minimum Gasteiger partial charge on any atom is -0.477 e. The number of hydrogen-bond donors (Lipinski definition) is 4. The lowest BCUT2D eigenvalue weighted by Crippen LogP contribution is -2.28. The molecule has 0 fully saturated rings. The van der Waals surface area contributed by atoms with Crippen molar-refractivity contribution in [2.75, 3.05) is 6.54 Å². The standard InChI is InChI=1S/C16H16N2O4.C2HF3O2/c17-9-8-15(19)18-13(16(20)21)10-12-6-7-14(22-12)11-4-2-1-3-5-11;3-2(4,5)1(6)7/h1-7,10H,8-9,17H2,(H,18,19)(H,20,21);(H,6,7)/b13-10-;. The summed E-state index contributed by atoms with van der Waals surface area (Å²) in [6.45, 7) is 0.150. The van der Waals surface area contributed by atoms with Crippen LogP contribution in [0.2, 0.25) is 0 Å². The Bertz CT molecular complexity index is 875. The van der Waals surface area contributed by atoms with E-state index in [9.17, 15) is 22.8 Å². The maximum atomic E-state index is 11.4. The van der Waals surface area contributed by atoms with Crippen molar-refractivity contribution in [1.29, 1.82) is 0 Å². The molecule has 5 N–H and O–H groups in total. The molecule has 1 amide bonds. The normalized spacial score (nSPS) is 11.2. The van der Waals surface area contributed by atoms with Gasteiger partial charge in [0.1, 0.15) is 17.2 Å². The zero-order valence-corrected chi connectivity index (χ0v) is 14.8. The van der Waals surface area contributed by atoms with E-state index in [0.29, 0.717) is 11.5 Å². The van der Waals surface area contributed by atoms with Crippen molar-refractivity contribution in [2.45, 2.75) is 12.6 Å². The minimum absolute atomic E-state index is 0.0536. The van der Waals surface area contributed by atoms with Crippen LogP contribution in [0, 0.1) is 0 Å². The summed E-state index contributed by atoms with van der Waals surface area (Å²) in [5, 5.41) is 18.5. The van der Waals surface area contributed by atoms with Gasteiger partial charge in [0.2, 0.25) is 5.91 Å². The molecule has 0 aliphatic carbocycles. The summed E-state index contributed by atoms with van der Waals surface area (Å²) in [6, 6.07) is 12.8. The molecule has 2 aromatic rings. The van der Waals surface area contributed by atoms with E-state index in [0.717, 1.165) is 5.56 Å². The number of furan rings is 1. The highest BCUT2D eigenvalue weighted by Crippen LogP contribution is 2.22. The van der Waals surface area contributed by atoms with Crippen LogP contribution in [0.4, 0.5) is 13.2 Å². The first-order chi connectivity index (χ1) is 13.5. The zero-order valence-electron chi connectivity index (χ0n) is 14.8. The van der Waals surface area contributed by atoms with E-state index < -0.39 is 24.0 Å². The van der Waals surface area contributed by atoms with Gasteiger partial charge in [-0.1, -0.05) is 30.3 Å². The fourth-order valence-electron chi connectivity index (χ4n) is 1.83. The Kier molecular flexibility index (Phi) is 8.62. The second-order valence-corrected chi connectivity index (χ2v) is 5.32. The molecule has 0 aliphatic heterocycles. The summed E-state index contributed by atoms with van der Waals surface area (Å²) in [4.78, 5) is 31.5. The molecule has 29 heavy (non-hydrogen) atoms. The Morgan fingerprint density at radius 1 is 1.07 bits per heavy atom. The second kappa shape index (κ2) is 10.7. The smallest absolute Gasteiger partial charge is 0.477 e. The van der Waals surface area contributed by atoms with Gasteiger partial charge in [-0.15, -0.1) is 0 Å².